The van der Waals surface area contributed by atoms with Crippen LogP contribution in [0.15, 0.2) is 27.8 Å². The minimum atomic E-state index is -0.574. The third-order valence-electron chi connectivity index (χ3n) is 2.85. The van der Waals surface area contributed by atoms with Gasteiger partial charge in [-0.3, -0.25) is 10.1 Å². The molecule has 10 heteroatoms. The number of rotatable bonds is 6. The molecule has 2 rings (SSSR count). The second-order valence-corrected chi connectivity index (χ2v) is 5.28. The smallest absolute Gasteiger partial charge is 0.321 e. The van der Waals surface area contributed by atoms with Crippen molar-refractivity contribution >= 4 is 23.7 Å². The minimum absolute atomic E-state index is 0.0329. The van der Waals surface area contributed by atoms with Crippen LogP contribution in [0, 0.1) is 0 Å². The maximum absolute atomic E-state index is 11.5. The lowest BCUT2D eigenvalue weighted by Crippen LogP contribution is -2.38. The summed E-state index contributed by atoms with van der Waals surface area (Å²) in [5.41, 5.74) is 0.604. The molecule has 0 aliphatic heterocycles. The lowest BCUT2D eigenvalue weighted by Gasteiger charge is -2.07. The Bertz CT molecular complexity index is 734. The predicted octanol–water partition coefficient (Wildman–Crippen LogP) is 1.30. The molecule has 2 N–H and O–H groups in total. The first kappa shape index (κ1) is 17.6. The first-order valence-corrected chi connectivity index (χ1v) is 7.76. The van der Waals surface area contributed by atoms with Crippen molar-refractivity contribution in [1.29, 1.82) is 0 Å². The largest absolute Gasteiger partial charge is 0.497 e. The van der Waals surface area contributed by atoms with Crippen molar-refractivity contribution in [3.63, 3.8) is 0 Å². The van der Waals surface area contributed by atoms with Crippen LogP contribution in [0.4, 0.5) is 4.79 Å². The molecule has 0 aliphatic carbocycles. The number of hydrogen-bond acceptors (Lipinski definition) is 8. The van der Waals surface area contributed by atoms with E-state index in [4.69, 9.17) is 13.9 Å². The van der Waals surface area contributed by atoms with Crippen molar-refractivity contribution in [1.82, 2.24) is 20.8 Å². The number of nitrogens with one attached hydrogen (secondary N) is 2. The molecule has 0 bridgehead atoms. The van der Waals surface area contributed by atoms with E-state index in [1.807, 2.05) is 0 Å². The molecule has 1 aromatic heterocycles. The summed E-state index contributed by atoms with van der Waals surface area (Å²) in [7, 11) is 4.50. The Morgan fingerprint density at radius 3 is 2.71 bits per heavy atom. The van der Waals surface area contributed by atoms with E-state index in [1.54, 1.807) is 25.3 Å². The normalized spacial score (nSPS) is 10.1. The maximum atomic E-state index is 11.5. The molecule has 0 saturated heterocycles. The van der Waals surface area contributed by atoms with E-state index >= 15 is 0 Å². The van der Waals surface area contributed by atoms with Gasteiger partial charge in [0.05, 0.1) is 25.5 Å². The number of thioether (sulfide) groups is 1. The van der Waals surface area contributed by atoms with Crippen molar-refractivity contribution < 1.29 is 23.5 Å². The predicted molar refractivity (Wildman–Crippen MR) is 86.2 cm³/mol. The van der Waals surface area contributed by atoms with E-state index in [1.165, 1.54) is 14.2 Å². The van der Waals surface area contributed by atoms with E-state index < -0.39 is 11.9 Å². The number of carbonyl (C=O) groups is 2. The van der Waals surface area contributed by atoms with Crippen LogP contribution in [0.3, 0.4) is 0 Å². The zero-order valence-corrected chi connectivity index (χ0v) is 14.1. The summed E-state index contributed by atoms with van der Waals surface area (Å²) >= 11 is 1.02. The van der Waals surface area contributed by atoms with Crippen LogP contribution in [0.2, 0.25) is 0 Å². The molecule has 3 amide bonds. The van der Waals surface area contributed by atoms with Gasteiger partial charge < -0.3 is 19.2 Å². The van der Waals surface area contributed by atoms with Gasteiger partial charge in [-0.25, -0.2) is 4.79 Å². The first-order valence-electron chi connectivity index (χ1n) is 6.77. The Morgan fingerprint density at radius 1 is 1.25 bits per heavy atom. The summed E-state index contributed by atoms with van der Waals surface area (Å²) in [4.78, 5) is 22.5. The number of aromatic nitrogens is 2. The number of nitrogens with zero attached hydrogens (tertiary/aromatic N) is 2. The zero-order chi connectivity index (χ0) is 17.5. The molecule has 128 valence electrons. The lowest BCUT2D eigenvalue weighted by molar-refractivity contribution is -0.117. The molecule has 0 atom stereocenters. The average molecular weight is 352 g/mol. The molecule has 1 aromatic carbocycles. The van der Waals surface area contributed by atoms with Crippen molar-refractivity contribution in [2.75, 3.05) is 27.0 Å². The summed E-state index contributed by atoms with van der Waals surface area (Å²) in [5, 5.41) is 12.4. The Morgan fingerprint density at radius 2 is 2.04 bits per heavy atom. The highest BCUT2D eigenvalue weighted by molar-refractivity contribution is 7.99. The van der Waals surface area contributed by atoms with E-state index in [2.05, 4.69) is 20.8 Å². The van der Waals surface area contributed by atoms with Crippen LogP contribution in [-0.2, 0) is 4.79 Å². The number of amides is 3. The molecular formula is C14H16N4O5S. The molecular weight excluding hydrogens is 336 g/mol. The quantitative estimate of drug-likeness (QED) is 0.748. The van der Waals surface area contributed by atoms with Crippen molar-refractivity contribution in [2.24, 2.45) is 0 Å². The van der Waals surface area contributed by atoms with E-state index in [0.717, 1.165) is 11.8 Å². The van der Waals surface area contributed by atoms with Gasteiger partial charge in [-0.1, -0.05) is 11.8 Å². The van der Waals surface area contributed by atoms with E-state index in [0.29, 0.717) is 17.1 Å². The SMILES string of the molecule is CNC(=O)NC(=O)CSc1nnc(-c2ccc(OC)cc2OC)o1. The van der Waals surface area contributed by atoms with Gasteiger partial charge in [0.1, 0.15) is 11.5 Å². The Kier molecular flexibility index (Phi) is 6.01. The Labute approximate surface area is 142 Å². The molecule has 0 spiro atoms. The van der Waals surface area contributed by atoms with Gasteiger partial charge >= 0.3 is 6.03 Å². The molecule has 2 aromatic rings. The van der Waals surface area contributed by atoms with Gasteiger partial charge in [0, 0.05) is 13.1 Å². The molecule has 0 aliphatic rings. The van der Waals surface area contributed by atoms with Crippen LogP contribution >= 0.6 is 11.8 Å². The van der Waals surface area contributed by atoms with Gasteiger partial charge in [-0.05, 0) is 12.1 Å². The van der Waals surface area contributed by atoms with Crippen LogP contribution < -0.4 is 20.1 Å². The summed E-state index contributed by atoms with van der Waals surface area (Å²) in [6.07, 6.45) is 0. The Balaban J connectivity index is 2.05. The Hall–Kier alpha value is -2.75. The molecule has 0 radical (unpaired) electrons. The molecule has 0 fully saturated rings. The number of carbonyl (C=O) groups excluding carboxylic acids is 2. The summed E-state index contributed by atoms with van der Waals surface area (Å²) < 4.78 is 15.9. The molecule has 1 heterocycles. The van der Waals surface area contributed by atoms with Gasteiger partial charge in [0.25, 0.3) is 11.1 Å². The summed E-state index contributed by atoms with van der Waals surface area (Å²) in [5.74, 6) is 0.904. The maximum Gasteiger partial charge on any atom is 0.321 e. The molecule has 0 saturated carbocycles. The van der Waals surface area contributed by atoms with Crippen LogP contribution in [0.1, 0.15) is 0 Å². The fourth-order valence-corrected chi connectivity index (χ4v) is 2.27. The highest BCUT2D eigenvalue weighted by Crippen LogP contribution is 2.33. The third kappa shape index (κ3) is 4.38. The van der Waals surface area contributed by atoms with Gasteiger partial charge in [-0.2, -0.15) is 0 Å². The van der Waals surface area contributed by atoms with Crippen molar-refractivity contribution in [2.45, 2.75) is 5.22 Å². The topological polar surface area (TPSA) is 116 Å². The van der Waals surface area contributed by atoms with Crippen LogP contribution in [-0.4, -0.2) is 49.2 Å². The van der Waals surface area contributed by atoms with Gasteiger partial charge in [-0.15, -0.1) is 10.2 Å². The van der Waals surface area contributed by atoms with Gasteiger partial charge in [0.2, 0.25) is 5.91 Å². The number of benzene rings is 1. The van der Waals surface area contributed by atoms with E-state index in [-0.39, 0.29) is 16.9 Å². The monoisotopic (exact) mass is 352 g/mol. The fourth-order valence-electron chi connectivity index (χ4n) is 1.70. The molecule has 24 heavy (non-hydrogen) atoms. The molecule has 0 unspecified atom stereocenters. The zero-order valence-electron chi connectivity index (χ0n) is 13.3. The van der Waals surface area contributed by atoms with Crippen molar-refractivity contribution in [3.05, 3.63) is 18.2 Å². The average Bonchev–Trinajstić information content (AvgIpc) is 3.07. The van der Waals surface area contributed by atoms with Crippen molar-refractivity contribution in [3.8, 4) is 23.0 Å². The minimum Gasteiger partial charge on any atom is -0.497 e. The number of methoxy groups -OCH3 is 2. The third-order valence-corrected chi connectivity index (χ3v) is 3.67. The van der Waals surface area contributed by atoms with Crippen LogP contribution in [0.5, 0.6) is 11.5 Å². The second kappa shape index (κ2) is 8.20. The van der Waals surface area contributed by atoms with Gasteiger partial charge in [0.15, 0.2) is 0 Å². The summed E-state index contributed by atoms with van der Waals surface area (Å²) in [6.45, 7) is 0. The lowest BCUT2D eigenvalue weighted by atomic mass is 10.2. The second-order valence-electron chi connectivity index (χ2n) is 4.36. The van der Waals surface area contributed by atoms with E-state index in [9.17, 15) is 9.59 Å². The number of imide groups is 1. The fraction of sp³-hybridized carbons (Fsp3) is 0.286. The highest BCUT2D eigenvalue weighted by Gasteiger charge is 2.16. The first-order chi connectivity index (χ1) is 11.6. The number of ether oxygens (including phenoxy) is 2. The number of hydrogen-bond donors (Lipinski definition) is 2. The summed E-state index contributed by atoms with van der Waals surface area (Å²) in [6, 6.07) is 4.60. The highest BCUT2D eigenvalue weighted by atomic mass is 32.2. The standard InChI is InChI=1S/C14H16N4O5S/c1-15-13(20)16-11(19)7-24-14-18-17-12(23-14)9-5-4-8(21-2)6-10(9)22-3/h4-6H,7H2,1-3H3,(H2,15,16,19,20). The molecule has 9 nitrogen and oxygen atoms in total. The van der Waals surface area contributed by atoms with Crippen LogP contribution in [0.25, 0.3) is 11.5 Å². The number of urea groups is 1.